The first-order valence-corrected chi connectivity index (χ1v) is 12.5. The summed E-state index contributed by atoms with van der Waals surface area (Å²) in [6, 6.07) is 16.9. The molecule has 0 aliphatic carbocycles. The Bertz CT molecular complexity index is 1490. The molecular formula is C26H21ClFN3O3S. The molecule has 0 fully saturated rings. The molecule has 0 bridgehead atoms. The summed E-state index contributed by atoms with van der Waals surface area (Å²) in [5, 5.41) is 5.60. The fourth-order valence-electron chi connectivity index (χ4n) is 3.39. The van der Waals surface area contributed by atoms with E-state index < -0.39 is 10.0 Å². The van der Waals surface area contributed by atoms with E-state index in [0.29, 0.717) is 22.7 Å². The molecule has 6 nitrogen and oxygen atoms in total. The second-order valence-corrected chi connectivity index (χ2v) is 9.85. The predicted molar refractivity (Wildman–Crippen MR) is 137 cm³/mol. The normalized spacial score (nSPS) is 11.7. The fraction of sp³-hybridized carbons (Fsp3) is 0.0769. The highest BCUT2D eigenvalue weighted by atomic mass is 35.5. The highest BCUT2D eigenvalue weighted by Gasteiger charge is 2.14. The lowest BCUT2D eigenvalue weighted by molar-refractivity contribution is 0.104. The third-order valence-electron chi connectivity index (χ3n) is 5.20. The van der Waals surface area contributed by atoms with Crippen molar-refractivity contribution in [2.45, 2.75) is 4.90 Å². The summed E-state index contributed by atoms with van der Waals surface area (Å²) in [4.78, 5) is 16.6. The number of halogens is 2. The van der Waals surface area contributed by atoms with Gasteiger partial charge in [0.25, 0.3) is 0 Å². The molecule has 2 N–H and O–H groups in total. The van der Waals surface area contributed by atoms with Gasteiger partial charge in [0, 0.05) is 40.6 Å². The number of anilines is 1. The highest BCUT2D eigenvalue weighted by Crippen LogP contribution is 2.24. The Hall–Kier alpha value is -3.59. The molecule has 3 aromatic carbocycles. The number of carbonyl (C=O) groups excluding carboxylic acids is 1. The van der Waals surface area contributed by atoms with E-state index in [1.165, 1.54) is 42.5 Å². The highest BCUT2D eigenvalue weighted by molar-refractivity contribution is 7.89. The molecule has 0 aliphatic heterocycles. The Labute approximate surface area is 207 Å². The Morgan fingerprint density at radius 3 is 2.46 bits per heavy atom. The number of rotatable bonds is 9. The molecule has 1 aromatic heterocycles. The Morgan fingerprint density at radius 1 is 0.971 bits per heavy atom. The number of allylic oxidation sites excluding steroid dienone is 1. The van der Waals surface area contributed by atoms with Crippen LogP contribution in [0.2, 0.25) is 5.02 Å². The van der Waals surface area contributed by atoms with Crippen LogP contribution in [0.15, 0.2) is 90.1 Å². The van der Waals surface area contributed by atoms with Gasteiger partial charge in [0.1, 0.15) is 5.82 Å². The van der Waals surface area contributed by atoms with Gasteiger partial charge in [-0.15, -0.1) is 0 Å². The van der Waals surface area contributed by atoms with Crippen molar-refractivity contribution in [3.05, 3.63) is 107 Å². The van der Waals surface area contributed by atoms with Crippen molar-refractivity contribution in [2.24, 2.45) is 0 Å². The van der Waals surface area contributed by atoms with Crippen LogP contribution in [0.3, 0.4) is 0 Å². The van der Waals surface area contributed by atoms with Crippen molar-refractivity contribution in [2.75, 3.05) is 18.4 Å². The van der Waals surface area contributed by atoms with E-state index >= 15 is 0 Å². The first-order valence-electron chi connectivity index (χ1n) is 10.7. The van der Waals surface area contributed by atoms with Crippen LogP contribution in [0.5, 0.6) is 0 Å². The molecule has 0 unspecified atom stereocenters. The van der Waals surface area contributed by atoms with E-state index in [4.69, 9.17) is 11.6 Å². The van der Waals surface area contributed by atoms with Gasteiger partial charge in [-0.05, 0) is 60.2 Å². The van der Waals surface area contributed by atoms with Gasteiger partial charge in [-0.1, -0.05) is 35.9 Å². The Morgan fingerprint density at radius 2 is 1.71 bits per heavy atom. The largest absolute Gasteiger partial charge is 0.382 e. The van der Waals surface area contributed by atoms with Crippen LogP contribution in [0.25, 0.3) is 16.8 Å². The van der Waals surface area contributed by atoms with Gasteiger partial charge < -0.3 is 5.32 Å². The van der Waals surface area contributed by atoms with Crippen molar-refractivity contribution in [3.63, 3.8) is 0 Å². The molecule has 0 spiro atoms. The molecule has 0 radical (unpaired) electrons. The molecule has 1 heterocycles. The fourth-order valence-corrected chi connectivity index (χ4v) is 4.61. The minimum atomic E-state index is -3.75. The molecule has 0 saturated heterocycles. The Balaban J connectivity index is 1.33. The van der Waals surface area contributed by atoms with Crippen molar-refractivity contribution < 1.29 is 17.6 Å². The summed E-state index contributed by atoms with van der Waals surface area (Å²) in [6.45, 7) is 0.487. The molecule has 9 heteroatoms. The molecule has 0 atom stereocenters. The van der Waals surface area contributed by atoms with E-state index in [2.05, 4.69) is 15.0 Å². The number of pyridine rings is 1. The number of nitrogens with zero attached hydrogens (tertiary/aromatic N) is 1. The van der Waals surface area contributed by atoms with Gasteiger partial charge in [0.15, 0.2) is 5.78 Å². The molecule has 178 valence electrons. The summed E-state index contributed by atoms with van der Waals surface area (Å²) in [5.74, 6) is -0.647. The van der Waals surface area contributed by atoms with Crippen LogP contribution in [0.4, 0.5) is 10.1 Å². The minimum Gasteiger partial charge on any atom is -0.382 e. The predicted octanol–water partition coefficient (Wildman–Crippen LogP) is 5.31. The van der Waals surface area contributed by atoms with Crippen LogP contribution in [-0.4, -0.2) is 32.3 Å². The van der Waals surface area contributed by atoms with Crippen LogP contribution < -0.4 is 10.0 Å². The van der Waals surface area contributed by atoms with Gasteiger partial charge in [-0.25, -0.2) is 17.5 Å². The van der Waals surface area contributed by atoms with Crippen LogP contribution >= 0.6 is 11.6 Å². The number of carbonyl (C=O) groups is 1. The lowest BCUT2D eigenvalue weighted by Crippen LogP contribution is -2.29. The SMILES string of the molecule is O=C(/C=C/c1ccc(F)cc1)c1ccc(S(=O)(=O)NCCNc2cncc3cc(Cl)ccc23)cc1. The lowest BCUT2D eigenvalue weighted by atomic mass is 10.1. The molecule has 0 amide bonds. The molecule has 35 heavy (non-hydrogen) atoms. The summed E-state index contributed by atoms with van der Waals surface area (Å²) >= 11 is 6.02. The number of hydrogen-bond donors (Lipinski definition) is 2. The molecular weight excluding hydrogens is 489 g/mol. The standard InChI is InChI=1S/C26H21ClFN3O3S/c27-21-6-11-24-20(15-21)16-29-17-25(24)30-13-14-31-35(33,34)23-9-4-19(5-10-23)26(32)12-3-18-1-7-22(28)8-2-18/h1-12,15-17,30-31H,13-14H2/b12-3+. The first kappa shape index (κ1) is 24.5. The summed E-state index contributed by atoms with van der Waals surface area (Å²) in [6.07, 6.45) is 6.31. The number of hydrogen-bond acceptors (Lipinski definition) is 5. The van der Waals surface area contributed by atoms with Crippen LogP contribution in [-0.2, 0) is 10.0 Å². The van der Waals surface area contributed by atoms with Crippen molar-refractivity contribution in [3.8, 4) is 0 Å². The maximum atomic E-state index is 13.0. The smallest absolute Gasteiger partial charge is 0.240 e. The number of aromatic nitrogens is 1. The second-order valence-electron chi connectivity index (χ2n) is 7.65. The van der Waals surface area contributed by atoms with E-state index in [0.717, 1.165) is 16.5 Å². The number of sulfonamides is 1. The number of fused-ring (bicyclic) bond motifs is 1. The van der Waals surface area contributed by atoms with Gasteiger partial charge in [0.2, 0.25) is 10.0 Å². The van der Waals surface area contributed by atoms with Crippen molar-refractivity contribution in [1.29, 1.82) is 0 Å². The average Bonchev–Trinajstić information content (AvgIpc) is 2.86. The maximum Gasteiger partial charge on any atom is 0.240 e. The monoisotopic (exact) mass is 509 g/mol. The zero-order chi connectivity index (χ0) is 24.8. The van der Waals surface area contributed by atoms with Gasteiger partial charge in [-0.3, -0.25) is 9.78 Å². The van der Waals surface area contributed by atoms with Crippen molar-refractivity contribution >= 4 is 49.9 Å². The summed E-state index contributed by atoms with van der Waals surface area (Å²) in [5.41, 5.74) is 1.79. The van der Waals surface area contributed by atoms with Gasteiger partial charge in [0.05, 0.1) is 16.8 Å². The number of ketones is 1. The van der Waals surface area contributed by atoms with Crippen LogP contribution in [0, 0.1) is 5.82 Å². The number of benzene rings is 3. The molecule has 0 saturated carbocycles. The molecule has 4 aromatic rings. The Kier molecular flexibility index (Phi) is 7.55. The molecule has 0 aliphatic rings. The lowest BCUT2D eigenvalue weighted by Gasteiger charge is -2.11. The number of nitrogens with one attached hydrogen (secondary N) is 2. The first-order chi connectivity index (χ1) is 16.8. The van der Waals surface area contributed by atoms with Crippen molar-refractivity contribution in [1.82, 2.24) is 9.71 Å². The summed E-state index contributed by atoms with van der Waals surface area (Å²) in [7, 11) is -3.75. The minimum absolute atomic E-state index is 0.0537. The topological polar surface area (TPSA) is 88.2 Å². The van der Waals surface area contributed by atoms with E-state index in [9.17, 15) is 17.6 Å². The third-order valence-corrected chi connectivity index (χ3v) is 6.91. The van der Waals surface area contributed by atoms with Gasteiger partial charge in [-0.2, -0.15) is 0 Å². The second kappa shape index (κ2) is 10.8. The zero-order valence-corrected chi connectivity index (χ0v) is 20.0. The third kappa shape index (κ3) is 6.30. The average molecular weight is 510 g/mol. The van der Waals surface area contributed by atoms with Gasteiger partial charge >= 0.3 is 0 Å². The van der Waals surface area contributed by atoms with E-state index in [-0.39, 0.29) is 23.0 Å². The van der Waals surface area contributed by atoms with Crippen LogP contribution in [0.1, 0.15) is 15.9 Å². The summed E-state index contributed by atoms with van der Waals surface area (Å²) < 4.78 is 40.7. The zero-order valence-electron chi connectivity index (χ0n) is 18.4. The quantitative estimate of drug-likeness (QED) is 0.181. The molecule has 4 rings (SSSR count). The van der Waals surface area contributed by atoms with E-state index in [1.807, 2.05) is 12.1 Å². The van der Waals surface area contributed by atoms with E-state index in [1.54, 1.807) is 36.7 Å². The maximum absolute atomic E-state index is 13.0.